The van der Waals surface area contributed by atoms with Gasteiger partial charge in [0.2, 0.25) is 0 Å². The average molecular weight is 235 g/mol. The van der Waals surface area contributed by atoms with Crippen LogP contribution in [-0.4, -0.2) is 0 Å². The first kappa shape index (κ1) is 10.9. The predicted octanol–water partition coefficient (Wildman–Crippen LogP) is 4.97. The van der Waals surface area contributed by atoms with Gasteiger partial charge in [-0.05, 0) is 29.3 Å². The van der Waals surface area contributed by atoms with E-state index in [-0.39, 0.29) is 0 Å². The first-order valence-electron chi connectivity index (χ1n) is 5.35. The van der Waals surface area contributed by atoms with Gasteiger partial charge in [0.25, 0.3) is 0 Å². The van der Waals surface area contributed by atoms with Crippen LogP contribution < -0.4 is 0 Å². The topological polar surface area (TPSA) is 0 Å². The van der Waals surface area contributed by atoms with E-state index in [1.165, 1.54) is 34.9 Å². The molecule has 0 fully saturated rings. The lowest BCUT2D eigenvalue weighted by Crippen LogP contribution is -1.97. The zero-order chi connectivity index (χ0) is 10.5. The monoisotopic (exact) mass is 235 g/mol. The molecule has 0 unspecified atom stereocenters. The van der Waals surface area contributed by atoms with Gasteiger partial charge in [0, 0.05) is 9.75 Å². The van der Waals surface area contributed by atoms with Gasteiger partial charge in [0.15, 0.2) is 0 Å². The van der Waals surface area contributed by atoms with Crippen LogP contribution in [-0.2, 0) is 0 Å². The molecule has 0 aromatic carbocycles. The highest BCUT2D eigenvalue weighted by Gasteiger charge is 2.16. The lowest BCUT2D eigenvalue weighted by molar-refractivity contribution is 0.762. The molecule has 2 aromatic heterocycles. The van der Waals surface area contributed by atoms with Gasteiger partial charge in [-0.1, -0.05) is 31.9 Å². The van der Waals surface area contributed by atoms with E-state index < -0.39 is 0 Å². The van der Waals surface area contributed by atoms with E-state index in [4.69, 9.17) is 0 Å². The lowest BCUT2D eigenvalue weighted by atomic mass is 9.99. The summed E-state index contributed by atoms with van der Waals surface area (Å²) in [6.45, 7) is 2.25. The highest BCUT2D eigenvalue weighted by Crippen LogP contribution is 2.34. The molecule has 2 heterocycles. The number of unbranched alkanes of at least 4 members (excludes halogenated alkanes) is 1. The van der Waals surface area contributed by atoms with Gasteiger partial charge in [0.05, 0.1) is 5.92 Å². The Morgan fingerprint density at radius 2 is 1.67 bits per heavy atom. The van der Waals surface area contributed by atoms with Crippen LogP contribution in [0.15, 0.2) is 35.0 Å². The molecule has 0 amide bonds. The third kappa shape index (κ3) is 2.70. The Morgan fingerprint density at radius 3 is 2.07 bits per heavy atom. The Kier molecular flexibility index (Phi) is 3.98. The molecule has 0 spiro atoms. The van der Waals surface area contributed by atoms with E-state index >= 15 is 0 Å². The van der Waals surface area contributed by atoms with Crippen molar-refractivity contribution in [3.05, 3.63) is 50.7 Å². The molecule has 2 aromatic rings. The van der Waals surface area contributed by atoms with Gasteiger partial charge in [-0.25, -0.2) is 0 Å². The van der Waals surface area contributed by atoms with E-state index in [9.17, 15) is 0 Å². The number of rotatable bonds is 5. The fourth-order valence-corrected chi connectivity index (χ4v) is 3.32. The summed E-state index contributed by atoms with van der Waals surface area (Å²) in [6, 6.07) is 8.74. The number of thiophene rings is 2. The molecule has 1 radical (unpaired) electrons. The zero-order valence-electron chi connectivity index (χ0n) is 8.90. The number of hydrogen-bond donors (Lipinski definition) is 0. The second kappa shape index (κ2) is 5.47. The molecular formula is C13H15S2. The maximum absolute atomic E-state index is 2.25. The normalized spacial score (nSPS) is 11.1. The number of hydrogen-bond acceptors (Lipinski definition) is 2. The highest BCUT2D eigenvalue weighted by molar-refractivity contribution is 7.12. The van der Waals surface area contributed by atoms with Gasteiger partial charge in [-0.3, -0.25) is 0 Å². The lowest BCUT2D eigenvalue weighted by Gasteiger charge is -2.11. The third-order valence-corrected chi connectivity index (χ3v) is 4.28. The smallest absolute Gasteiger partial charge is 0.0543 e. The van der Waals surface area contributed by atoms with E-state index in [0.717, 1.165) is 0 Å². The summed E-state index contributed by atoms with van der Waals surface area (Å²) in [7, 11) is 0. The van der Waals surface area contributed by atoms with Crippen LogP contribution in [0, 0.1) is 5.92 Å². The Bertz CT molecular complexity index is 325. The summed E-state index contributed by atoms with van der Waals surface area (Å²) >= 11 is 3.70. The van der Waals surface area contributed by atoms with Crippen molar-refractivity contribution < 1.29 is 0 Å². The first-order valence-corrected chi connectivity index (χ1v) is 7.11. The van der Waals surface area contributed by atoms with Crippen molar-refractivity contribution >= 4 is 22.7 Å². The molecule has 0 aliphatic heterocycles. The minimum absolute atomic E-state index is 1.21. The van der Waals surface area contributed by atoms with Gasteiger partial charge >= 0.3 is 0 Å². The van der Waals surface area contributed by atoms with Crippen LogP contribution in [0.2, 0.25) is 0 Å². The highest BCUT2D eigenvalue weighted by atomic mass is 32.1. The van der Waals surface area contributed by atoms with Gasteiger partial charge in [0.1, 0.15) is 0 Å². The molecule has 0 aliphatic rings. The van der Waals surface area contributed by atoms with Crippen molar-refractivity contribution in [2.45, 2.75) is 26.2 Å². The van der Waals surface area contributed by atoms with Crippen LogP contribution in [0.25, 0.3) is 0 Å². The minimum atomic E-state index is 1.21. The standard InChI is InChI=1S/C13H15S2/c1-2-3-6-11(12-7-4-9-14-12)13-8-5-10-15-13/h4-5,7-10H,2-3,6H2,1H3. The van der Waals surface area contributed by atoms with E-state index in [1.54, 1.807) is 0 Å². The molecule has 0 N–H and O–H groups in total. The Balaban J connectivity index is 2.17. The molecule has 0 saturated carbocycles. The van der Waals surface area contributed by atoms with Crippen molar-refractivity contribution in [3.63, 3.8) is 0 Å². The van der Waals surface area contributed by atoms with E-state index in [2.05, 4.69) is 41.9 Å². The molecule has 0 atom stereocenters. The summed E-state index contributed by atoms with van der Waals surface area (Å²) < 4.78 is 0. The minimum Gasteiger partial charge on any atom is -0.148 e. The van der Waals surface area contributed by atoms with Gasteiger partial charge in [-0.15, -0.1) is 22.7 Å². The summed E-state index contributed by atoms with van der Waals surface area (Å²) in [5.74, 6) is 1.53. The Morgan fingerprint density at radius 1 is 1.07 bits per heavy atom. The fourth-order valence-electron chi connectivity index (χ4n) is 1.62. The van der Waals surface area contributed by atoms with Crippen molar-refractivity contribution in [2.75, 3.05) is 0 Å². The maximum atomic E-state index is 2.25. The van der Waals surface area contributed by atoms with E-state index in [0.29, 0.717) is 0 Å². The molecule has 0 bridgehead atoms. The molecule has 0 nitrogen and oxygen atoms in total. The predicted molar refractivity (Wildman–Crippen MR) is 69.6 cm³/mol. The Hall–Kier alpha value is -0.600. The molecule has 0 aliphatic carbocycles. The first-order chi connectivity index (χ1) is 7.42. The van der Waals surface area contributed by atoms with Gasteiger partial charge in [-0.2, -0.15) is 0 Å². The van der Waals surface area contributed by atoms with Crippen LogP contribution >= 0.6 is 22.7 Å². The van der Waals surface area contributed by atoms with Gasteiger partial charge < -0.3 is 0 Å². The third-order valence-electron chi connectivity index (χ3n) is 2.42. The largest absolute Gasteiger partial charge is 0.148 e. The summed E-state index contributed by atoms with van der Waals surface area (Å²) in [6.07, 6.45) is 3.75. The molecule has 0 saturated heterocycles. The second-order valence-electron chi connectivity index (χ2n) is 3.54. The molecular weight excluding hydrogens is 220 g/mol. The van der Waals surface area contributed by atoms with E-state index in [1.807, 2.05) is 22.7 Å². The maximum Gasteiger partial charge on any atom is 0.0543 e. The average Bonchev–Trinajstić information content (AvgIpc) is 2.90. The Labute approximate surface area is 99.6 Å². The fraction of sp³-hybridized carbons (Fsp3) is 0.308. The quantitative estimate of drug-likeness (QED) is 0.686. The van der Waals surface area contributed by atoms with Crippen LogP contribution in [0.1, 0.15) is 35.9 Å². The molecule has 2 rings (SSSR count). The van der Waals surface area contributed by atoms with Crippen molar-refractivity contribution in [2.24, 2.45) is 0 Å². The van der Waals surface area contributed by atoms with Crippen LogP contribution in [0.3, 0.4) is 0 Å². The summed E-state index contributed by atoms with van der Waals surface area (Å²) in [4.78, 5) is 2.87. The zero-order valence-corrected chi connectivity index (χ0v) is 10.5. The van der Waals surface area contributed by atoms with Crippen molar-refractivity contribution in [3.8, 4) is 0 Å². The summed E-state index contributed by atoms with van der Waals surface area (Å²) in [5, 5.41) is 4.32. The SMILES string of the molecule is CCCC[C](c1cccs1)c1cccs1. The molecule has 79 valence electrons. The van der Waals surface area contributed by atoms with Crippen LogP contribution in [0.5, 0.6) is 0 Å². The van der Waals surface area contributed by atoms with Crippen molar-refractivity contribution in [1.82, 2.24) is 0 Å². The van der Waals surface area contributed by atoms with Crippen LogP contribution in [0.4, 0.5) is 0 Å². The van der Waals surface area contributed by atoms with Crippen molar-refractivity contribution in [1.29, 1.82) is 0 Å². The molecule has 15 heavy (non-hydrogen) atoms. The summed E-state index contributed by atoms with van der Waals surface area (Å²) in [5.41, 5.74) is 0. The molecule has 2 heteroatoms. The second-order valence-corrected chi connectivity index (χ2v) is 5.43.